The topological polar surface area (TPSA) is 76.1 Å². The summed E-state index contributed by atoms with van der Waals surface area (Å²) < 4.78 is 13.1. The number of carbonyl (C=O) groups excluding carboxylic acids is 2. The molecular formula is C39H33NO5S. The predicted molar refractivity (Wildman–Crippen MR) is 178 cm³/mol. The third-order valence-electron chi connectivity index (χ3n) is 8.46. The minimum atomic E-state index is -0.535. The molecule has 0 bridgehead atoms. The molecule has 0 radical (unpaired) electrons. The van der Waals surface area contributed by atoms with Gasteiger partial charge in [-0.05, 0) is 58.1 Å². The van der Waals surface area contributed by atoms with E-state index in [0.717, 1.165) is 45.6 Å². The summed E-state index contributed by atoms with van der Waals surface area (Å²) in [6.45, 7) is 0.219. The van der Waals surface area contributed by atoms with Crippen LogP contribution in [0.4, 0.5) is 0 Å². The Morgan fingerprint density at radius 1 is 0.674 bits per heavy atom. The Labute approximate surface area is 272 Å². The third kappa shape index (κ3) is 6.41. The number of ether oxygens (including phenoxy) is 2. The van der Waals surface area contributed by atoms with E-state index in [1.54, 1.807) is 36.0 Å². The van der Waals surface area contributed by atoms with E-state index in [9.17, 15) is 14.7 Å². The Hall–Kier alpha value is -4.53. The first-order valence-corrected chi connectivity index (χ1v) is 16.4. The van der Waals surface area contributed by atoms with E-state index in [4.69, 9.17) is 9.47 Å². The molecule has 0 spiro atoms. The van der Waals surface area contributed by atoms with Crippen LogP contribution in [-0.4, -0.2) is 33.7 Å². The van der Waals surface area contributed by atoms with Gasteiger partial charge < -0.3 is 14.6 Å². The van der Waals surface area contributed by atoms with Crippen molar-refractivity contribution >= 4 is 23.6 Å². The van der Waals surface area contributed by atoms with Gasteiger partial charge in [0.2, 0.25) is 0 Å². The van der Waals surface area contributed by atoms with Gasteiger partial charge >= 0.3 is 0 Å². The minimum absolute atomic E-state index is 0.00586. The van der Waals surface area contributed by atoms with E-state index in [2.05, 4.69) is 24.3 Å². The molecule has 0 saturated carbocycles. The first kappa shape index (κ1) is 30.1. The second-order valence-corrected chi connectivity index (χ2v) is 12.6. The second-order valence-electron chi connectivity index (χ2n) is 11.5. The number of imide groups is 1. The minimum Gasteiger partial charge on any atom is -0.392 e. The van der Waals surface area contributed by atoms with Crippen molar-refractivity contribution < 1.29 is 24.2 Å². The van der Waals surface area contributed by atoms with E-state index in [-0.39, 0.29) is 37.2 Å². The first-order chi connectivity index (χ1) is 22.6. The largest absolute Gasteiger partial charge is 0.392 e. The van der Waals surface area contributed by atoms with E-state index in [0.29, 0.717) is 11.1 Å². The van der Waals surface area contributed by atoms with Crippen LogP contribution in [0.3, 0.4) is 0 Å². The summed E-state index contributed by atoms with van der Waals surface area (Å²) in [7, 11) is 0. The lowest BCUT2D eigenvalue weighted by Crippen LogP contribution is -2.31. The second kappa shape index (κ2) is 13.4. The highest BCUT2D eigenvalue weighted by atomic mass is 32.2. The number of fused-ring (bicyclic) bond motifs is 1. The van der Waals surface area contributed by atoms with Crippen molar-refractivity contribution in [2.75, 3.05) is 5.75 Å². The van der Waals surface area contributed by atoms with Gasteiger partial charge in [0.05, 0.1) is 36.5 Å². The normalized spacial score (nSPS) is 19.3. The number of hydrogen-bond donors (Lipinski definition) is 1. The van der Waals surface area contributed by atoms with Crippen LogP contribution >= 0.6 is 11.8 Å². The van der Waals surface area contributed by atoms with Crippen molar-refractivity contribution in [2.24, 2.45) is 0 Å². The molecule has 2 aliphatic rings. The summed E-state index contributed by atoms with van der Waals surface area (Å²) in [4.78, 5) is 28.3. The average Bonchev–Trinajstić information content (AvgIpc) is 3.36. The maximum Gasteiger partial charge on any atom is 0.261 e. The Balaban J connectivity index is 1.08. The molecule has 0 aliphatic carbocycles. The Morgan fingerprint density at radius 3 is 2.04 bits per heavy atom. The SMILES string of the molecule is O=C1c2ccccc2C(=O)N1Cc1cccc(-c2ccc(C3OC(CSc4ccccc4)CC(c4ccc(CO)cc4)O3)cc2)c1. The highest BCUT2D eigenvalue weighted by molar-refractivity contribution is 7.99. The highest BCUT2D eigenvalue weighted by Gasteiger charge is 2.35. The highest BCUT2D eigenvalue weighted by Crippen LogP contribution is 2.40. The van der Waals surface area contributed by atoms with E-state index in [1.165, 1.54) is 9.80 Å². The van der Waals surface area contributed by atoms with Crippen molar-refractivity contribution in [3.8, 4) is 11.1 Å². The Bertz CT molecular complexity index is 1810. The van der Waals surface area contributed by atoms with Crippen LogP contribution in [0.2, 0.25) is 0 Å². The first-order valence-electron chi connectivity index (χ1n) is 15.4. The molecule has 5 aromatic carbocycles. The summed E-state index contributed by atoms with van der Waals surface area (Å²) in [6.07, 6.45) is 0.0236. The van der Waals surface area contributed by atoms with Gasteiger partial charge in [-0.2, -0.15) is 0 Å². The zero-order chi connectivity index (χ0) is 31.5. The lowest BCUT2D eigenvalue weighted by atomic mass is 9.99. The molecule has 6 nitrogen and oxygen atoms in total. The van der Waals surface area contributed by atoms with Crippen molar-refractivity contribution in [1.29, 1.82) is 0 Å². The third-order valence-corrected chi connectivity index (χ3v) is 9.60. The molecule has 2 aliphatic heterocycles. The average molecular weight is 628 g/mol. The molecule has 1 N–H and O–H groups in total. The van der Waals surface area contributed by atoms with E-state index >= 15 is 0 Å². The van der Waals surface area contributed by atoms with Crippen LogP contribution in [-0.2, 0) is 22.6 Å². The lowest BCUT2D eigenvalue weighted by molar-refractivity contribution is -0.245. The predicted octanol–water partition coefficient (Wildman–Crippen LogP) is 7.98. The number of hydrogen-bond acceptors (Lipinski definition) is 6. The van der Waals surface area contributed by atoms with Gasteiger partial charge in [0.1, 0.15) is 0 Å². The molecule has 1 fully saturated rings. The molecule has 3 atom stereocenters. The van der Waals surface area contributed by atoms with Crippen LogP contribution in [0.5, 0.6) is 0 Å². The van der Waals surface area contributed by atoms with Gasteiger partial charge in [0, 0.05) is 22.6 Å². The van der Waals surface area contributed by atoms with Gasteiger partial charge in [-0.1, -0.05) is 97.1 Å². The van der Waals surface area contributed by atoms with Crippen LogP contribution in [0.25, 0.3) is 11.1 Å². The fourth-order valence-corrected chi connectivity index (χ4v) is 6.92. The van der Waals surface area contributed by atoms with Crippen molar-refractivity contribution in [2.45, 2.75) is 43.0 Å². The summed E-state index contributed by atoms with van der Waals surface area (Å²) in [5, 5.41) is 9.51. The maximum atomic E-state index is 12.9. The van der Waals surface area contributed by atoms with Gasteiger partial charge in [-0.3, -0.25) is 14.5 Å². The summed E-state index contributed by atoms with van der Waals surface area (Å²) >= 11 is 1.78. The number of rotatable bonds is 9. The number of aliphatic hydroxyl groups excluding tert-OH is 1. The van der Waals surface area contributed by atoms with Gasteiger partial charge in [0.25, 0.3) is 11.8 Å². The number of nitrogens with zero attached hydrogens (tertiary/aromatic N) is 1. The van der Waals surface area contributed by atoms with Gasteiger partial charge in [-0.15, -0.1) is 11.8 Å². The molecular weight excluding hydrogens is 594 g/mol. The number of benzene rings is 5. The standard InChI is InChI=1S/C39H33NO5S/c41-24-26-13-15-29(16-14-26)36-22-32(25-46-33-9-2-1-3-10-33)44-39(45-36)30-19-17-28(18-20-30)31-8-6-7-27(21-31)23-40-37(42)34-11-4-5-12-35(34)38(40)43/h1-21,32,36,39,41H,22-25H2. The Kier molecular flexibility index (Phi) is 8.81. The van der Waals surface area contributed by atoms with Gasteiger partial charge in [-0.25, -0.2) is 0 Å². The van der Waals surface area contributed by atoms with Crippen LogP contribution in [0, 0.1) is 0 Å². The number of aliphatic hydroxyl groups is 1. The van der Waals surface area contributed by atoms with Crippen LogP contribution in [0.1, 0.15) is 61.8 Å². The van der Waals surface area contributed by atoms with Crippen molar-refractivity contribution in [3.05, 3.63) is 161 Å². The van der Waals surface area contributed by atoms with Crippen LogP contribution in [0.15, 0.2) is 132 Å². The molecule has 7 rings (SSSR count). The van der Waals surface area contributed by atoms with Crippen molar-refractivity contribution in [3.63, 3.8) is 0 Å². The Morgan fingerprint density at radius 2 is 1.35 bits per heavy atom. The molecule has 0 aromatic heterocycles. The lowest BCUT2D eigenvalue weighted by Gasteiger charge is -2.36. The molecule has 230 valence electrons. The number of thioether (sulfide) groups is 1. The summed E-state index contributed by atoms with van der Waals surface area (Å²) in [5.74, 6) is 0.282. The maximum absolute atomic E-state index is 12.9. The van der Waals surface area contributed by atoms with E-state index < -0.39 is 6.29 Å². The van der Waals surface area contributed by atoms with Crippen LogP contribution < -0.4 is 0 Å². The zero-order valence-electron chi connectivity index (χ0n) is 25.1. The van der Waals surface area contributed by atoms with Gasteiger partial charge in [0.15, 0.2) is 6.29 Å². The summed E-state index contributed by atoms with van der Waals surface area (Å²) in [5.41, 5.74) is 6.65. The number of amides is 2. The monoisotopic (exact) mass is 627 g/mol. The quantitative estimate of drug-likeness (QED) is 0.132. The fraction of sp³-hybridized carbons (Fsp3) is 0.179. The number of carbonyl (C=O) groups is 2. The molecule has 2 amide bonds. The fourth-order valence-electron chi connectivity index (χ4n) is 5.98. The summed E-state index contributed by atoms with van der Waals surface area (Å²) in [6, 6.07) is 41.3. The molecule has 1 saturated heterocycles. The molecule has 5 aromatic rings. The smallest absolute Gasteiger partial charge is 0.261 e. The molecule has 46 heavy (non-hydrogen) atoms. The van der Waals surface area contributed by atoms with E-state index in [1.807, 2.05) is 78.9 Å². The van der Waals surface area contributed by atoms with Crippen molar-refractivity contribution in [1.82, 2.24) is 4.90 Å². The molecule has 2 heterocycles. The zero-order valence-corrected chi connectivity index (χ0v) is 25.9. The molecule has 7 heteroatoms. The molecule has 3 unspecified atom stereocenters.